The number of nitrogens with zero attached hydrogens (tertiary/aromatic N) is 3. The molecule has 0 N–H and O–H groups in total. The normalized spacial score (nSPS) is 25.8. The molecule has 5 rings (SSSR count). The number of hydrogen-bond donors (Lipinski definition) is 0. The van der Waals surface area contributed by atoms with E-state index in [9.17, 15) is 9.59 Å². The molecule has 5 nitrogen and oxygen atoms in total. The summed E-state index contributed by atoms with van der Waals surface area (Å²) in [5, 5.41) is 0. The van der Waals surface area contributed by atoms with Gasteiger partial charge in [0.1, 0.15) is 0 Å². The van der Waals surface area contributed by atoms with E-state index >= 15 is 0 Å². The number of hydrogen-bond acceptors (Lipinski definition) is 3. The Morgan fingerprint density at radius 1 is 0.844 bits per heavy atom. The highest BCUT2D eigenvalue weighted by molar-refractivity contribution is 5.94. The van der Waals surface area contributed by atoms with Gasteiger partial charge in [-0.05, 0) is 49.7 Å². The Morgan fingerprint density at radius 2 is 1.53 bits per heavy atom. The van der Waals surface area contributed by atoms with E-state index in [1.54, 1.807) is 0 Å². The lowest BCUT2D eigenvalue weighted by Crippen LogP contribution is -2.53. The third kappa shape index (κ3) is 4.57. The monoisotopic (exact) mass is 433 g/mol. The van der Waals surface area contributed by atoms with Crippen LogP contribution in [0.15, 0.2) is 30.3 Å². The van der Waals surface area contributed by atoms with Crippen LogP contribution in [0.2, 0.25) is 0 Å². The second-order valence-electron chi connectivity index (χ2n) is 10.2. The first-order chi connectivity index (χ1) is 15.6. The highest BCUT2D eigenvalue weighted by Crippen LogP contribution is 2.60. The first-order valence-electron chi connectivity index (χ1n) is 12.5. The van der Waals surface area contributed by atoms with Gasteiger partial charge in [0.25, 0.3) is 5.91 Å². The lowest BCUT2D eigenvalue weighted by Gasteiger charge is -2.41. The molecule has 2 aliphatic carbocycles. The third-order valence-electron chi connectivity index (χ3n) is 8.34. The summed E-state index contributed by atoms with van der Waals surface area (Å²) in [6, 6.07) is 10.4. The van der Waals surface area contributed by atoms with E-state index < -0.39 is 0 Å². The van der Waals surface area contributed by atoms with Crippen LogP contribution in [-0.2, 0) is 9.59 Å². The van der Waals surface area contributed by atoms with Gasteiger partial charge in [-0.1, -0.05) is 43.4 Å². The molecule has 0 bridgehead atoms. The van der Waals surface area contributed by atoms with Gasteiger partial charge in [0.2, 0.25) is 5.91 Å². The minimum absolute atomic E-state index is 0.0916. The molecule has 2 heterocycles. The molecule has 2 saturated carbocycles. The Hall–Kier alpha value is -2.32. The van der Waals surface area contributed by atoms with Gasteiger partial charge in [0.15, 0.2) is 0 Å². The van der Waals surface area contributed by atoms with Crippen molar-refractivity contribution < 1.29 is 9.59 Å². The zero-order valence-corrected chi connectivity index (χ0v) is 19.1. The first-order valence-corrected chi connectivity index (χ1v) is 12.5. The van der Waals surface area contributed by atoms with Crippen LogP contribution in [0.4, 0.5) is 0 Å². The van der Waals surface area contributed by atoms with Crippen molar-refractivity contribution in [2.24, 2.45) is 11.3 Å². The lowest BCUT2D eigenvalue weighted by atomic mass is 9.90. The predicted octanol–water partition coefficient (Wildman–Crippen LogP) is 3.14. The van der Waals surface area contributed by atoms with Gasteiger partial charge in [0.05, 0.1) is 0 Å². The number of piperazine rings is 1. The molecule has 1 spiro atoms. The number of likely N-dealkylation sites (tertiary alicyclic amines) is 1. The summed E-state index contributed by atoms with van der Waals surface area (Å²) in [7, 11) is 0. The Labute approximate surface area is 192 Å². The average Bonchev–Trinajstić information content (AvgIpc) is 3.56. The van der Waals surface area contributed by atoms with E-state index in [-0.39, 0.29) is 17.2 Å². The van der Waals surface area contributed by atoms with Gasteiger partial charge in [-0.3, -0.25) is 14.5 Å². The molecular formula is C27H35N3O2. The molecule has 32 heavy (non-hydrogen) atoms. The molecule has 1 unspecified atom stereocenters. The lowest BCUT2D eigenvalue weighted by molar-refractivity contribution is -0.136. The summed E-state index contributed by atoms with van der Waals surface area (Å²) >= 11 is 0. The highest BCUT2D eigenvalue weighted by Gasteiger charge is 2.59. The number of benzene rings is 1. The molecule has 2 amide bonds. The molecule has 1 atom stereocenters. The fraction of sp³-hybridized carbons (Fsp3) is 0.630. The van der Waals surface area contributed by atoms with Crippen molar-refractivity contribution >= 4 is 11.8 Å². The Morgan fingerprint density at radius 3 is 2.22 bits per heavy atom. The topological polar surface area (TPSA) is 43.9 Å². The Kier molecular flexibility index (Phi) is 6.24. The van der Waals surface area contributed by atoms with Crippen molar-refractivity contribution in [2.45, 2.75) is 57.4 Å². The number of carbonyl (C=O) groups is 2. The van der Waals surface area contributed by atoms with E-state index in [0.717, 1.165) is 70.1 Å². The summed E-state index contributed by atoms with van der Waals surface area (Å²) in [5.41, 5.74) is 1.01. The molecule has 2 aliphatic heterocycles. The van der Waals surface area contributed by atoms with Crippen molar-refractivity contribution in [2.75, 3.05) is 39.3 Å². The second-order valence-corrected chi connectivity index (χ2v) is 10.2. The Bertz CT molecular complexity index is 880. The number of piperidine rings is 1. The van der Waals surface area contributed by atoms with Crippen molar-refractivity contribution in [1.29, 1.82) is 0 Å². The molecule has 4 aliphatic rings. The van der Waals surface area contributed by atoms with Crippen LogP contribution >= 0.6 is 0 Å². The number of rotatable bonds is 2. The summed E-state index contributed by atoms with van der Waals surface area (Å²) in [6.07, 6.45) is 9.68. The molecule has 2 saturated heterocycles. The van der Waals surface area contributed by atoms with E-state index in [1.165, 1.54) is 32.1 Å². The van der Waals surface area contributed by atoms with Crippen molar-refractivity contribution in [1.82, 2.24) is 14.7 Å². The van der Waals surface area contributed by atoms with Crippen molar-refractivity contribution in [3.05, 3.63) is 35.9 Å². The molecule has 4 fully saturated rings. The Balaban J connectivity index is 1.08. The van der Waals surface area contributed by atoms with Crippen LogP contribution < -0.4 is 0 Å². The zero-order valence-electron chi connectivity index (χ0n) is 19.1. The minimum Gasteiger partial charge on any atom is -0.340 e. The van der Waals surface area contributed by atoms with Gasteiger partial charge in [0, 0.05) is 62.7 Å². The van der Waals surface area contributed by atoms with Gasteiger partial charge in [-0.2, -0.15) is 0 Å². The largest absolute Gasteiger partial charge is 0.340 e. The summed E-state index contributed by atoms with van der Waals surface area (Å²) in [4.78, 5) is 32.3. The maximum atomic E-state index is 13.2. The van der Waals surface area contributed by atoms with Crippen molar-refractivity contribution in [3.63, 3.8) is 0 Å². The van der Waals surface area contributed by atoms with E-state index in [1.807, 2.05) is 35.2 Å². The average molecular weight is 434 g/mol. The molecular weight excluding hydrogens is 398 g/mol. The first kappa shape index (κ1) is 21.5. The number of amides is 2. The number of carbonyl (C=O) groups excluding carboxylic acids is 2. The fourth-order valence-electron chi connectivity index (χ4n) is 6.10. The highest BCUT2D eigenvalue weighted by atomic mass is 16.2. The van der Waals surface area contributed by atoms with Crippen LogP contribution in [0.3, 0.4) is 0 Å². The van der Waals surface area contributed by atoms with Crippen LogP contribution in [0.5, 0.6) is 0 Å². The summed E-state index contributed by atoms with van der Waals surface area (Å²) < 4.78 is 0. The van der Waals surface area contributed by atoms with E-state index in [4.69, 9.17) is 0 Å². The summed E-state index contributed by atoms with van der Waals surface area (Å²) in [6.45, 7) is 5.31. The molecule has 1 aromatic rings. The second kappa shape index (κ2) is 9.27. The van der Waals surface area contributed by atoms with E-state index in [0.29, 0.717) is 5.91 Å². The predicted molar refractivity (Wildman–Crippen MR) is 125 cm³/mol. The van der Waals surface area contributed by atoms with Crippen LogP contribution in [0, 0.1) is 23.2 Å². The standard InChI is InChI=1S/C27H35N3O2/c31-25(12-11-22-7-3-1-4-8-22)29-15-13-27(14-16-29)21-24(27)26(32)30-19-17-28(18-20-30)23-9-5-2-6-10-23/h1,3-4,7-8,23-24H,2,5-6,9-10,13-21H2. The smallest absolute Gasteiger partial charge is 0.298 e. The van der Waals surface area contributed by atoms with Gasteiger partial charge in [-0.15, -0.1) is 0 Å². The molecule has 170 valence electrons. The summed E-state index contributed by atoms with van der Waals surface area (Å²) in [5.74, 6) is 6.22. The van der Waals surface area contributed by atoms with Gasteiger partial charge >= 0.3 is 0 Å². The van der Waals surface area contributed by atoms with Crippen LogP contribution in [0.1, 0.15) is 56.9 Å². The fourth-order valence-corrected chi connectivity index (χ4v) is 6.10. The minimum atomic E-state index is -0.0916. The zero-order chi connectivity index (χ0) is 22.0. The van der Waals surface area contributed by atoms with Crippen molar-refractivity contribution in [3.8, 4) is 11.8 Å². The van der Waals surface area contributed by atoms with Crippen LogP contribution in [0.25, 0.3) is 0 Å². The van der Waals surface area contributed by atoms with Crippen LogP contribution in [-0.4, -0.2) is 71.8 Å². The molecule has 1 aromatic carbocycles. The third-order valence-corrected chi connectivity index (χ3v) is 8.34. The van der Waals surface area contributed by atoms with E-state index in [2.05, 4.69) is 21.6 Å². The maximum Gasteiger partial charge on any atom is 0.298 e. The quantitative estimate of drug-likeness (QED) is 0.673. The van der Waals surface area contributed by atoms with Gasteiger partial charge < -0.3 is 9.80 Å². The molecule has 0 aromatic heterocycles. The molecule has 5 heteroatoms. The SMILES string of the molecule is O=C(C#Cc1ccccc1)N1CCC2(CC1)CC2C(=O)N1CCN(C2CCCCC2)CC1. The maximum absolute atomic E-state index is 13.2. The van der Waals surface area contributed by atoms with Gasteiger partial charge in [-0.25, -0.2) is 0 Å². The molecule has 0 radical (unpaired) electrons.